The normalized spacial score (nSPS) is 21.3. The van der Waals surface area contributed by atoms with Crippen LogP contribution in [-0.4, -0.2) is 73.9 Å². The van der Waals surface area contributed by atoms with Gasteiger partial charge in [-0.25, -0.2) is 14.8 Å². The van der Waals surface area contributed by atoms with Crippen molar-refractivity contribution in [1.82, 2.24) is 35.1 Å². The van der Waals surface area contributed by atoms with Gasteiger partial charge in [-0.1, -0.05) is 72.7 Å². The third-order valence-corrected chi connectivity index (χ3v) is 13.8. The Balaban J connectivity index is 1.14. The van der Waals surface area contributed by atoms with E-state index in [1.54, 1.807) is 0 Å². The van der Waals surface area contributed by atoms with Crippen molar-refractivity contribution in [3.8, 4) is 0 Å². The number of hydrogen-bond acceptors (Lipinski definition) is 7. The fourth-order valence-corrected chi connectivity index (χ4v) is 10.5. The van der Waals surface area contributed by atoms with Crippen LogP contribution in [0.1, 0.15) is 157 Å². The number of benzene rings is 3. The summed E-state index contributed by atoms with van der Waals surface area (Å²) in [5, 5.41) is 2.76. The van der Waals surface area contributed by atoms with Crippen LogP contribution in [-0.2, 0) is 19.7 Å². The number of hydrogen-bond donors (Lipinski definition) is 3. The lowest BCUT2D eigenvalue weighted by Gasteiger charge is -2.35. The molecule has 3 N–H and O–H groups in total. The van der Waals surface area contributed by atoms with Crippen molar-refractivity contribution in [3.63, 3.8) is 0 Å². The lowest BCUT2D eigenvalue weighted by Crippen LogP contribution is -2.51. The van der Waals surface area contributed by atoms with Crippen molar-refractivity contribution in [2.75, 3.05) is 25.1 Å². The first-order chi connectivity index (χ1) is 29.5. The van der Waals surface area contributed by atoms with Crippen LogP contribution in [0.3, 0.4) is 0 Å². The summed E-state index contributed by atoms with van der Waals surface area (Å²) in [5.41, 5.74) is 11.2. The Labute approximate surface area is 366 Å². The molecule has 0 aliphatic carbocycles. The lowest BCUT2D eigenvalue weighted by atomic mass is 9.87. The number of carbonyl (C=O) groups excluding carboxylic acids is 3. The first kappa shape index (κ1) is 43.3. The van der Waals surface area contributed by atoms with Crippen molar-refractivity contribution in [2.24, 2.45) is 11.8 Å². The molecule has 3 aromatic carbocycles. The highest BCUT2D eigenvalue weighted by Gasteiger charge is 2.40. The molecule has 12 heteroatoms. The Bertz CT molecular complexity index is 2460. The first-order valence-corrected chi connectivity index (χ1v) is 22.9. The van der Waals surface area contributed by atoms with E-state index in [1.165, 1.54) is 35.1 Å². The number of nitrogens with zero attached hydrogens (tertiary/aromatic N) is 5. The molecule has 0 unspecified atom stereocenters. The number of carbonyl (C=O) groups is 3. The van der Waals surface area contributed by atoms with Crippen molar-refractivity contribution in [3.05, 3.63) is 88.0 Å². The van der Waals surface area contributed by atoms with E-state index in [9.17, 15) is 14.4 Å². The number of alkyl carbamates (subject to hydrolysis) is 1. The average molecular weight is 843 g/mol. The number of methoxy groups -OCH3 is 1. The molecule has 5 heterocycles. The van der Waals surface area contributed by atoms with E-state index in [1.807, 2.05) is 23.6 Å². The minimum atomic E-state index is -0.693. The average Bonchev–Trinajstić information content (AvgIpc) is 4.08. The number of rotatable bonds is 10. The molecule has 3 amide bonds. The van der Waals surface area contributed by atoms with Gasteiger partial charge >= 0.3 is 6.09 Å². The third kappa shape index (κ3) is 8.05. The van der Waals surface area contributed by atoms with Gasteiger partial charge in [-0.3, -0.25) is 9.59 Å². The van der Waals surface area contributed by atoms with Crippen LogP contribution >= 0.6 is 0 Å². The van der Waals surface area contributed by atoms with Crippen LogP contribution in [0, 0.1) is 25.7 Å². The number of H-pyrrole nitrogens is 2. The van der Waals surface area contributed by atoms with Crippen LogP contribution < -0.4 is 10.2 Å². The van der Waals surface area contributed by atoms with E-state index in [2.05, 4.69) is 117 Å². The third-order valence-electron chi connectivity index (χ3n) is 13.8. The molecule has 3 saturated heterocycles. The summed E-state index contributed by atoms with van der Waals surface area (Å²) in [7, 11) is 1.31. The molecular weight excluding hydrogens is 777 g/mol. The van der Waals surface area contributed by atoms with Gasteiger partial charge < -0.3 is 34.7 Å². The zero-order valence-corrected chi connectivity index (χ0v) is 38.4. The molecule has 3 aliphatic rings. The van der Waals surface area contributed by atoms with Gasteiger partial charge in [-0.2, -0.15) is 0 Å². The summed E-state index contributed by atoms with van der Waals surface area (Å²) < 4.78 is 4.85. The Morgan fingerprint density at radius 1 is 0.742 bits per heavy atom. The molecule has 0 bridgehead atoms. The zero-order valence-electron chi connectivity index (χ0n) is 38.4. The number of aromatic amines is 2. The Morgan fingerprint density at radius 2 is 1.26 bits per heavy atom. The van der Waals surface area contributed by atoms with Crippen molar-refractivity contribution in [2.45, 2.75) is 143 Å². The number of aromatic nitrogens is 4. The van der Waals surface area contributed by atoms with Gasteiger partial charge in [0, 0.05) is 25.2 Å². The molecular formula is C50H66N8O4. The second-order valence-electron chi connectivity index (χ2n) is 19.8. The minimum Gasteiger partial charge on any atom is -0.453 e. The summed E-state index contributed by atoms with van der Waals surface area (Å²) in [4.78, 5) is 63.7. The van der Waals surface area contributed by atoms with E-state index >= 15 is 0 Å². The molecule has 8 rings (SSSR count). The molecule has 3 fully saturated rings. The molecule has 2 aromatic heterocycles. The molecule has 62 heavy (non-hydrogen) atoms. The number of fused-ring (bicyclic) bond motifs is 2. The zero-order chi connectivity index (χ0) is 44.2. The highest BCUT2D eigenvalue weighted by Crippen LogP contribution is 2.50. The van der Waals surface area contributed by atoms with E-state index in [0.29, 0.717) is 18.9 Å². The van der Waals surface area contributed by atoms with Crippen LogP contribution in [0.25, 0.3) is 22.1 Å². The smallest absolute Gasteiger partial charge is 0.407 e. The van der Waals surface area contributed by atoms with Crippen LogP contribution in [0.2, 0.25) is 0 Å². The van der Waals surface area contributed by atoms with Gasteiger partial charge in [-0.15, -0.1) is 0 Å². The van der Waals surface area contributed by atoms with Crippen molar-refractivity contribution < 1.29 is 19.1 Å². The van der Waals surface area contributed by atoms with Crippen LogP contribution in [0.4, 0.5) is 10.5 Å². The van der Waals surface area contributed by atoms with E-state index in [-0.39, 0.29) is 47.3 Å². The molecule has 0 spiro atoms. The van der Waals surface area contributed by atoms with Crippen molar-refractivity contribution >= 4 is 45.7 Å². The standard InChI is InChI=1S/C50H66N8O4/c1-28(2)27-42(59)56-25-11-13-40(56)46-51-36-21-19-34(30(5)44(36)53-46)38-23-24-39(58(38)33-17-15-32(16-18-33)50(7,8)9)35-20-22-37-45(31(35)6)54-47(52-37)41-14-12-26-57(41)48(60)43(29(3)4)55-49(61)62-10/h15-22,28-29,38-41,43H,11-14,23-27H2,1-10H3,(H,51,53)(H,52,54)(H,55,61)/t38-,39-,40+,41+,43+/m1/s1. The summed E-state index contributed by atoms with van der Waals surface area (Å²) in [6, 6.07) is 17.3. The molecule has 5 aromatic rings. The Hall–Kier alpha value is -5.39. The molecule has 0 radical (unpaired) electrons. The van der Waals surface area contributed by atoms with Crippen LogP contribution in [0.5, 0.6) is 0 Å². The molecule has 3 aliphatic heterocycles. The highest BCUT2D eigenvalue weighted by molar-refractivity contribution is 5.87. The van der Waals surface area contributed by atoms with Gasteiger partial charge in [0.1, 0.15) is 17.7 Å². The lowest BCUT2D eigenvalue weighted by molar-refractivity contribution is -0.135. The summed E-state index contributed by atoms with van der Waals surface area (Å²) in [5.74, 6) is 1.97. The van der Waals surface area contributed by atoms with Crippen molar-refractivity contribution in [1.29, 1.82) is 0 Å². The van der Waals surface area contributed by atoms with Gasteiger partial charge in [0.25, 0.3) is 0 Å². The minimum absolute atomic E-state index is 0.0246. The number of amides is 3. The van der Waals surface area contributed by atoms with E-state index < -0.39 is 12.1 Å². The second-order valence-corrected chi connectivity index (χ2v) is 19.8. The fourth-order valence-electron chi connectivity index (χ4n) is 10.5. The number of aryl methyl sites for hydroxylation is 2. The maximum absolute atomic E-state index is 13.9. The van der Waals surface area contributed by atoms with Crippen LogP contribution in [0.15, 0.2) is 48.5 Å². The topological polar surface area (TPSA) is 140 Å². The number of ether oxygens (including phenoxy) is 1. The predicted octanol–water partition coefficient (Wildman–Crippen LogP) is 10.2. The number of likely N-dealkylation sites (tertiary alicyclic amines) is 2. The monoisotopic (exact) mass is 843 g/mol. The quantitative estimate of drug-likeness (QED) is 0.127. The summed E-state index contributed by atoms with van der Waals surface area (Å²) >= 11 is 0. The molecule has 330 valence electrons. The molecule has 5 atom stereocenters. The van der Waals surface area contributed by atoms with Gasteiger partial charge in [0.05, 0.1) is 53.3 Å². The second kappa shape index (κ2) is 17.1. The number of nitrogens with one attached hydrogen (secondary N) is 3. The fraction of sp³-hybridized carbons (Fsp3) is 0.540. The highest BCUT2D eigenvalue weighted by atomic mass is 16.5. The molecule has 0 saturated carbocycles. The number of anilines is 1. The maximum Gasteiger partial charge on any atom is 0.407 e. The maximum atomic E-state index is 13.9. The first-order valence-electron chi connectivity index (χ1n) is 22.9. The Kier molecular flexibility index (Phi) is 11.9. The van der Waals surface area contributed by atoms with Gasteiger partial charge in [-0.05, 0) is 122 Å². The van der Waals surface area contributed by atoms with E-state index in [4.69, 9.17) is 14.7 Å². The summed E-state index contributed by atoms with van der Waals surface area (Å²) in [6.45, 7) is 20.6. The van der Waals surface area contributed by atoms with Gasteiger partial charge in [0.15, 0.2) is 0 Å². The number of imidazole rings is 2. The van der Waals surface area contributed by atoms with E-state index in [0.717, 1.165) is 84.3 Å². The van der Waals surface area contributed by atoms with Gasteiger partial charge in [0.2, 0.25) is 11.8 Å². The Morgan fingerprint density at radius 3 is 1.74 bits per heavy atom. The largest absolute Gasteiger partial charge is 0.453 e. The summed E-state index contributed by atoms with van der Waals surface area (Å²) in [6.07, 6.45) is 5.43. The SMILES string of the molecule is COC(=O)N[C@H](C(=O)N1CCC[C@H]1c1nc2c(C)c([C@H]3CC[C@H](c4ccc5[nH]c([C@@H]6CCCN6C(=O)CC(C)C)nc5c4C)N3c3ccc(C(C)(C)C)cc3)ccc2[nH]1)C(C)C. The molecule has 12 nitrogen and oxygen atoms in total. The predicted molar refractivity (Wildman–Crippen MR) is 245 cm³/mol.